The van der Waals surface area contributed by atoms with Gasteiger partial charge >= 0.3 is 0 Å². The summed E-state index contributed by atoms with van der Waals surface area (Å²) in [5, 5.41) is 10.8. The Kier molecular flexibility index (Phi) is 7.03. The van der Waals surface area contributed by atoms with Crippen LogP contribution < -0.4 is 20.5 Å². The van der Waals surface area contributed by atoms with Gasteiger partial charge in [-0.15, -0.1) is 0 Å². The van der Waals surface area contributed by atoms with E-state index in [1.807, 2.05) is 0 Å². The third-order valence-corrected chi connectivity index (χ3v) is 6.52. The molecule has 0 amide bonds. The molecular weight excluding hydrogens is 459 g/mol. The van der Waals surface area contributed by atoms with Gasteiger partial charge < -0.3 is 10.6 Å². The Morgan fingerprint density at radius 3 is 2.38 bits per heavy atom. The van der Waals surface area contributed by atoms with Gasteiger partial charge in [0.05, 0.1) is 16.8 Å². The van der Waals surface area contributed by atoms with Crippen molar-refractivity contribution in [2.75, 3.05) is 16.4 Å². The standard InChI is InChI=1S/C19H21FN6O4S2/c1-2-31(27,28)23-11-13-4-3-5-15(10-13)24-18-17(20)12-22-19(26-18)25-14-6-8-16(9-7-14)32(21,29)30/h3-10,12,23H,2,11H2,1H3,(H2,21,29,30)(H2,22,24,25,26). The molecule has 0 radical (unpaired) electrons. The van der Waals surface area contributed by atoms with E-state index in [1.54, 1.807) is 24.3 Å². The first-order valence-corrected chi connectivity index (χ1v) is 12.5. The Balaban J connectivity index is 1.74. The summed E-state index contributed by atoms with van der Waals surface area (Å²) in [7, 11) is -7.16. The Hall–Kier alpha value is -3.13. The highest BCUT2D eigenvalue weighted by atomic mass is 32.2. The molecule has 10 nitrogen and oxygen atoms in total. The van der Waals surface area contributed by atoms with Crippen LogP contribution in [-0.2, 0) is 26.6 Å². The number of halogens is 1. The number of rotatable bonds is 9. The lowest BCUT2D eigenvalue weighted by atomic mass is 10.2. The topological polar surface area (TPSA) is 156 Å². The van der Waals surface area contributed by atoms with E-state index in [0.717, 1.165) is 6.20 Å². The van der Waals surface area contributed by atoms with Crippen LogP contribution in [-0.4, -0.2) is 32.6 Å². The number of aromatic nitrogens is 2. The molecule has 0 aliphatic heterocycles. The van der Waals surface area contributed by atoms with Gasteiger partial charge in [-0.3, -0.25) is 0 Å². The van der Waals surface area contributed by atoms with E-state index in [-0.39, 0.29) is 29.0 Å². The third kappa shape index (κ3) is 6.43. The van der Waals surface area contributed by atoms with E-state index in [2.05, 4.69) is 25.3 Å². The van der Waals surface area contributed by atoms with Gasteiger partial charge in [-0.2, -0.15) is 4.98 Å². The highest BCUT2D eigenvalue weighted by molar-refractivity contribution is 7.89. The molecule has 0 aliphatic rings. The fraction of sp³-hybridized carbons (Fsp3) is 0.158. The molecule has 5 N–H and O–H groups in total. The molecule has 0 saturated carbocycles. The summed E-state index contributed by atoms with van der Waals surface area (Å²) in [6.07, 6.45) is 0.982. The smallest absolute Gasteiger partial charge is 0.238 e. The predicted octanol–water partition coefficient (Wildman–Crippen LogP) is 2.19. The summed E-state index contributed by atoms with van der Waals surface area (Å²) in [4.78, 5) is 7.92. The van der Waals surface area contributed by atoms with Crippen LogP contribution >= 0.6 is 0 Å². The van der Waals surface area contributed by atoms with Crippen molar-refractivity contribution in [3.8, 4) is 0 Å². The molecule has 0 saturated heterocycles. The first-order valence-electron chi connectivity index (χ1n) is 9.31. The van der Waals surface area contributed by atoms with Crippen molar-refractivity contribution in [2.45, 2.75) is 18.4 Å². The van der Waals surface area contributed by atoms with E-state index < -0.39 is 25.9 Å². The largest absolute Gasteiger partial charge is 0.338 e. The number of sulfonamides is 2. The van der Waals surface area contributed by atoms with Crippen LogP contribution in [0.4, 0.5) is 27.5 Å². The molecule has 0 bridgehead atoms. The van der Waals surface area contributed by atoms with Crippen molar-refractivity contribution in [1.29, 1.82) is 0 Å². The number of nitrogens with zero attached hydrogens (tertiary/aromatic N) is 2. The van der Waals surface area contributed by atoms with E-state index >= 15 is 0 Å². The van der Waals surface area contributed by atoms with Crippen molar-refractivity contribution in [1.82, 2.24) is 14.7 Å². The van der Waals surface area contributed by atoms with Gasteiger partial charge in [-0.25, -0.2) is 36.1 Å². The lowest BCUT2D eigenvalue weighted by Crippen LogP contribution is -2.24. The summed E-state index contributed by atoms with van der Waals surface area (Å²) < 4.78 is 62.6. The second-order valence-corrected chi connectivity index (χ2v) is 10.3. The van der Waals surface area contributed by atoms with Gasteiger partial charge in [-0.05, 0) is 48.9 Å². The van der Waals surface area contributed by atoms with Crippen LogP contribution in [0.25, 0.3) is 0 Å². The Labute approximate surface area is 185 Å². The maximum atomic E-state index is 14.2. The zero-order valence-corrected chi connectivity index (χ0v) is 18.5. The maximum absolute atomic E-state index is 14.2. The lowest BCUT2D eigenvalue weighted by Gasteiger charge is -2.11. The highest BCUT2D eigenvalue weighted by Crippen LogP contribution is 2.22. The molecule has 170 valence electrons. The van der Waals surface area contributed by atoms with Crippen molar-refractivity contribution in [3.63, 3.8) is 0 Å². The summed E-state index contributed by atoms with van der Waals surface area (Å²) in [5.41, 5.74) is 1.65. The SMILES string of the molecule is CCS(=O)(=O)NCc1cccc(Nc2nc(Nc3ccc(S(N)(=O)=O)cc3)ncc2F)c1. The van der Waals surface area contributed by atoms with Crippen LogP contribution in [0, 0.1) is 5.82 Å². The van der Waals surface area contributed by atoms with Crippen LogP contribution in [0.2, 0.25) is 0 Å². The number of nitrogens with one attached hydrogen (secondary N) is 3. The summed E-state index contributed by atoms with van der Waals surface area (Å²) >= 11 is 0. The van der Waals surface area contributed by atoms with E-state index in [4.69, 9.17) is 5.14 Å². The second-order valence-electron chi connectivity index (χ2n) is 6.63. The van der Waals surface area contributed by atoms with Gasteiger partial charge in [0.15, 0.2) is 11.6 Å². The predicted molar refractivity (Wildman–Crippen MR) is 119 cm³/mol. The van der Waals surface area contributed by atoms with Crippen molar-refractivity contribution in [2.24, 2.45) is 5.14 Å². The normalized spacial score (nSPS) is 11.8. The van der Waals surface area contributed by atoms with Crippen molar-refractivity contribution < 1.29 is 21.2 Å². The number of anilines is 4. The minimum atomic E-state index is -3.81. The molecule has 0 spiro atoms. The molecule has 3 rings (SSSR count). The average Bonchev–Trinajstić information content (AvgIpc) is 2.75. The number of hydrogen-bond donors (Lipinski definition) is 4. The van der Waals surface area contributed by atoms with Gasteiger partial charge in [0.25, 0.3) is 0 Å². The quantitative estimate of drug-likeness (QED) is 0.363. The van der Waals surface area contributed by atoms with Crippen molar-refractivity contribution in [3.05, 3.63) is 66.1 Å². The number of benzene rings is 2. The summed E-state index contributed by atoms with van der Waals surface area (Å²) in [5.74, 6) is -0.756. The zero-order valence-electron chi connectivity index (χ0n) is 16.9. The molecule has 0 fully saturated rings. The van der Waals surface area contributed by atoms with Crippen molar-refractivity contribution >= 4 is 43.2 Å². The van der Waals surface area contributed by atoms with E-state index in [1.165, 1.54) is 31.2 Å². The monoisotopic (exact) mass is 480 g/mol. The Morgan fingerprint density at radius 1 is 1.00 bits per heavy atom. The molecule has 1 aromatic heterocycles. The van der Waals surface area contributed by atoms with Gasteiger partial charge in [-0.1, -0.05) is 12.1 Å². The minimum Gasteiger partial charge on any atom is -0.338 e. The lowest BCUT2D eigenvalue weighted by molar-refractivity contribution is 0.582. The first kappa shape index (κ1) is 23.5. The maximum Gasteiger partial charge on any atom is 0.238 e. The fourth-order valence-corrected chi connectivity index (χ4v) is 3.67. The van der Waals surface area contributed by atoms with E-state index in [0.29, 0.717) is 16.9 Å². The average molecular weight is 481 g/mol. The third-order valence-electron chi connectivity index (χ3n) is 4.25. The molecule has 0 aliphatic carbocycles. The molecule has 0 atom stereocenters. The number of hydrogen-bond acceptors (Lipinski definition) is 8. The molecule has 1 heterocycles. The fourth-order valence-electron chi connectivity index (χ4n) is 2.56. The number of nitrogens with two attached hydrogens (primary N) is 1. The molecule has 3 aromatic rings. The van der Waals surface area contributed by atoms with Gasteiger partial charge in [0.2, 0.25) is 26.0 Å². The highest BCUT2D eigenvalue weighted by Gasteiger charge is 2.11. The summed E-state index contributed by atoms with van der Waals surface area (Å²) in [6.45, 7) is 1.64. The van der Waals surface area contributed by atoms with Crippen LogP contribution in [0.3, 0.4) is 0 Å². The number of primary sulfonamides is 1. The Bertz CT molecular complexity index is 1320. The zero-order chi connectivity index (χ0) is 23.4. The Morgan fingerprint density at radius 2 is 1.72 bits per heavy atom. The van der Waals surface area contributed by atoms with Crippen LogP contribution in [0.15, 0.2) is 59.6 Å². The molecule has 13 heteroatoms. The second kappa shape index (κ2) is 9.56. The molecule has 32 heavy (non-hydrogen) atoms. The minimum absolute atomic E-state index is 0.0301. The first-order chi connectivity index (χ1) is 15.1. The molecule has 2 aromatic carbocycles. The van der Waals surface area contributed by atoms with Gasteiger partial charge in [0.1, 0.15) is 0 Å². The van der Waals surface area contributed by atoms with E-state index in [9.17, 15) is 21.2 Å². The van der Waals surface area contributed by atoms with Crippen LogP contribution in [0.5, 0.6) is 0 Å². The van der Waals surface area contributed by atoms with Crippen LogP contribution in [0.1, 0.15) is 12.5 Å². The summed E-state index contributed by atoms with van der Waals surface area (Å²) in [6, 6.07) is 12.4. The van der Waals surface area contributed by atoms with Gasteiger partial charge in [0, 0.05) is 17.9 Å². The molecular formula is C19H21FN6O4S2. The molecule has 0 unspecified atom stereocenters.